The van der Waals surface area contributed by atoms with Gasteiger partial charge in [0.25, 0.3) is 5.91 Å². The standard InChI is InChI=1S/C19H27N3O3/c1-13-5-6-15(19(24)22-7-9-25-10-8-22)11-17(13)21-18(23)12-14-3-2-4-16(14)20/h5-6,11,14,16H,2-4,7-10,12,20H2,1H3,(H,21,23)/t14-,16+/m0/s1. The Morgan fingerprint density at radius 2 is 2.04 bits per heavy atom. The lowest BCUT2D eigenvalue weighted by Crippen LogP contribution is -2.40. The largest absolute Gasteiger partial charge is 0.378 e. The van der Waals surface area contributed by atoms with Crippen molar-refractivity contribution in [1.82, 2.24) is 4.90 Å². The average molecular weight is 345 g/mol. The van der Waals surface area contributed by atoms with Crippen LogP contribution in [0.5, 0.6) is 0 Å². The Balaban J connectivity index is 1.66. The van der Waals surface area contributed by atoms with Gasteiger partial charge in [-0.1, -0.05) is 12.5 Å². The lowest BCUT2D eigenvalue weighted by Gasteiger charge is -2.27. The Hall–Kier alpha value is -1.92. The molecule has 6 heteroatoms. The molecule has 1 aliphatic carbocycles. The fourth-order valence-corrected chi connectivity index (χ4v) is 3.60. The molecule has 1 aliphatic heterocycles. The summed E-state index contributed by atoms with van der Waals surface area (Å²) in [5.41, 5.74) is 8.31. The van der Waals surface area contributed by atoms with Crippen LogP contribution in [0.2, 0.25) is 0 Å². The lowest BCUT2D eigenvalue weighted by atomic mass is 9.99. The van der Waals surface area contributed by atoms with Gasteiger partial charge in [-0.05, 0) is 43.4 Å². The molecule has 3 N–H and O–H groups in total. The second-order valence-electron chi connectivity index (χ2n) is 7.04. The molecule has 0 bridgehead atoms. The van der Waals surface area contributed by atoms with Crippen molar-refractivity contribution in [3.63, 3.8) is 0 Å². The van der Waals surface area contributed by atoms with Crippen molar-refractivity contribution in [2.75, 3.05) is 31.6 Å². The Bertz CT molecular complexity index is 641. The van der Waals surface area contributed by atoms with Gasteiger partial charge in [0.2, 0.25) is 5.91 Å². The van der Waals surface area contributed by atoms with E-state index in [1.54, 1.807) is 11.0 Å². The van der Waals surface area contributed by atoms with Gasteiger partial charge >= 0.3 is 0 Å². The first-order valence-corrected chi connectivity index (χ1v) is 9.07. The minimum atomic E-state index is -0.0265. The van der Waals surface area contributed by atoms with Crippen molar-refractivity contribution in [2.45, 2.75) is 38.6 Å². The first kappa shape index (κ1) is 17.9. The van der Waals surface area contributed by atoms with Crippen LogP contribution in [0.1, 0.15) is 41.6 Å². The maximum Gasteiger partial charge on any atom is 0.254 e. The third kappa shape index (κ3) is 4.38. The number of morpholine rings is 1. The van der Waals surface area contributed by atoms with Crippen LogP contribution in [0, 0.1) is 12.8 Å². The van der Waals surface area contributed by atoms with E-state index in [1.165, 1.54) is 0 Å². The highest BCUT2D eigenvalue weighted by Crippen LogP contribution is 2.27. The number of rotatable bonds is 4. The van der Waals surface area contributed by atoms with Crippen LogP contribution >= 0.6 is 0 Å². The van der Waals surface area contributed by atoms with Gasteiger partial charge in [0.1, 0.15) is 0 Å². The van der Waals surface area contributed by atoms with Crippen LogP contribution in [-0.4, -0.2) is 49.1 Å². The molecule has 1 aromatic carbocycles. The van der Waals surface area contributed by atoms with E-state index in [2.05, 4.69) is 5.32 Å². The number of ether oxygens (including phenoxy) is 1. The van der Waals surface area contributed by atoms with Crippen LogP contribution in [0.3, 0.4) is 0 Å². The van der Waals surface area contributed by atoms with Gasteiger partial charge in [-0.25, -0.2) is 0 Å². The van der Waals surface area contributed by atoms with Crippen LogP contribution in [0.15, 0.2) is 18.2 Å². The summed E-state index contributed by atoms with van der Waals surface area (Å²) in [5, 5.41) is 2.97. The minimum absolute atomic E-state index is 0.0170. The zero-order valence-corrected chi connectivity index (χ0v) is 14.8. The van der Waals surface area contributed by atoms with Crippen molar-refractivity contribution in [1.29, 1.82) is 0 Å². The number of carbonyl (C=O) groups excluding carboxylic acids is 2. The molecule has 0 aromatic heterocycles. The van der Waals surface area contributed by atoms with E-state index < -0.39 is 0 Å². The molecule has 2 atom stereocenters. The van der Waals surface area contributed by atoms with Gasteiger partial charge in [-0.3, -0.25) is 9.59 Å². The number of nitrogens with one attached hydrogen (secondary N) is 1. The highest BCUT2D eigenvalue weighted by Gasteiger charge is 2.26. The molecule has 1 aromatic rings. The van der Waals surface area contributed by atoms with Crippen LogP contribution in [-0.2, 0) is 9.53 Å². The Morgan fingerprint density at radius 3 is 2.72 bits per heavy atom. The Labute approximate surface area is 148 Å². The fraction of sp³-hybridized carbons (Fsp3) is 0.579. The summed E-state index contributed by atoms with van der Waals surface area (Å²) in [6, 6.07) is 5.60. The molecule has 1 heterocycles. The van der Waals surface area contributed by atoms with E-state index in [9.17, 15) is 9.59 Å². The third-order valence-electron chi connectivity index (χ3n) is 5.22. The topological polar surface area (TPSA) is 84.7 Å². The first-order valence-electron chi connectivity index (χ1n) is 9.07. The number of benzene rings is 1. The zero-order chi connectivity index (χ0) is 17.8. The molecule has 0 spiro atoms. The molecule has 136 valence electrons. The van der Waals surface area contributed by atoms with Crippen LogP contribution < -0.4 is 11.1 Å². The predicted octanol–water partition coefficient (Wildman–Crippen LogP) is 1.92. The van der Waals surface area contributed by atoms with Crippen molar-refractivity contribution < 1.29 is 14.3 Å². The first-order chi connectivity index (χ1) is 12.0. The maximum atomic E-state index is 12.6. The fourth-order valence-electron chi connectivity index (χ4n) is 3.60. The molecule has 1 saturated carbocycles. The normalized spacial score (nSPS) is 23.5. The number of aryl methyl sites for hydroxylation is 1. The van der Waals surface area contributed by atoms with Gasteiger partial charge in [0.15, 0.2) is 0 Å². The van der Waals surface area contributed by atoms with E-state index >= 15 is 0 Å². The molecule has 2 aliphatic rings. The van der Waals surface area contributed by atoms with E-state index in [1.807, 2.05) is 19.1 Å². The number of nitrogens with two attached hydrogens (primary N) is 1. The third-order valence-corrected chi connectivity index (χ3v) is 5.22. The average Bonchev–Trinajstić information content (AvgIpc) is 3.01. The molecule has 0 radical (unpaired) electrons. The molecule has 3 rings (SSSR count). The highest BCUT2D eigenvalue weighted by molar-refractivity contribution is 5.97. The molecular formula is C19H27N3O3. The van der Waals surface area contributed by atoms with Crippen LogP contribution in [0.4, 0.5) is 5.69 Å². The van der Waals surface area contributed by atoms with E-state index in [0.29, 0.717) is 44.0 Å². The monoisotopic (exact) mass is 345 g/mol. The number of hydrogen-bond donors (Lipinski definition) is 2. The molecule has 0 unspecified atom stereocenters. The smallest absolute Gasteiger partial charge is 0.254 e. The number of carbonyl (C=O) groups is 2. The summed E-state index contributed by atoms with van der Waals surface area (Å²) >= 11 is 0. The quantitative estimate of drug-likeness (QED) is 0.873. The van der Waals surface area contributed by atoms with E-state index in [4.69, 9.17) is 10.5 Å². The number of hydrogen-bond acceptors (Lipinski definition) is 4. The number of nitrogens with zero attached hydrogens (tertiary/aromatic N) is 1. The molecule has 25 heavy (non-hydrogen) atoms. The van der Waals surface area contributed by atoms with Gasteiger partial charge in [0, 0.05) is 36.8 Å². The van der Waals surface area contributed by atoms with Gasteiger partial charge in [0.05, 0.1) is 13.2 Å². The van der Waals surface area contributed by atoms with Crippen LogP contribution in [0.25, 0.3) is 0 Å². The maximum absolute atomic E-state index is 12.6. The second-order valence-corrected chi connectivity index (χ2v) is 7.04. The Morgan fingerprint density at radius 1 is 1.28 bits per heavy atom. The van der Waals surface area contributed by atoms with Gasteiger partial charge in [-0.2, -0.15) is 0 Å². The summed E-state index contributed by atoms with van der Waals surface area (Å²) in [6.45, 7) is 4.29. The minimum Gasteiger partial charge on any atom is -0.378 e. The Kier molecular flexibility index (Phi) is 5.71. The van der Waals surface area contributed by atoms with Crippen molar-refractivity contribution in [3.05, 3.63) is 29.3 Å². The van der Waals surface area contributed by atoms with Crippen molar-refractivity contribution in [3.8, 4) is 0 Å². The van der Waals surface area contributed by atoms with Crippen molar-refractivity contribution >= 4 is 17.5 Å². The van der Waals surface area contributed by atoms with E-state index in [-0.39, 0.29) is 23.8 Å². The molecule has 6 nitrogen and oxygen atoms in total. The summed E-state index contributed by atoms with van der Waals surface area (Å²) in [4.78, 5) is 26.8. The summed E-state index contributed by atoms with van der Waals surface area (Å²) in [6.07, 6.45) is 3.56. The van der Waals surface area contributed by atoms with E-state index in [0.717, 1.165) is 24.8 Å². The zero-order valence-electron chi connectivity index (χ0n) is 14.8. The van der Waals surface area contributed by atoms with Gasteiger partial charge < -0.3 is 20.7 Å². The molecule has 2 fully saturated rings. The molecule has 1 saturated heterocycles. The highest BCUT2D eigenvalue weighted by atomic mass is 16.5. The SMILES string of the molecule is Cc1ccc(C(=O)N2CCOCC2)cc1NC(=O)C[C@@H]1CCC[C@H]1N. The van der Waals surface area contributed by atoms with Crippen molar-refractivity contribution in [2.24, 2.45) is 11.7 Å². The second kappa shape index (κ2) is 7.97. The summed E-state index contributed by atoms with van der Waals surface area (Å²) < 4.78 is 5.29. The molecule has 2 amide bonds. The lowest BCUT2D eigenvalue weighted by molar-refractivity contribution is -0.117. The number of anilines is 1. The molecular weight excluding hydrogens is 318 g/mol. The predicted molar refractivity (Wildman–Crippen MR) is 96.5 cm³/mol. The number of amides is 2. The summed E-state index contributed by atoms with van der Waals surface area (Å²) in [7, 11) is 0. The summed E-state index contributed by atoms with van der Waals surface area (Å²) in [5.74, 6) is 0.219. The van der Waals surface area contributed by atoms with Gasteiger partial charge in [-0.15, -0.1) is 0 Å².